The van der Waals surface area contributed by atoms with Crippen molar-refractivity contribution in [1.29, 1.82) is 0 Å². The Morgan fingerprint density at radius 3 is 2.47 bits per heavy atom. The summed E-state index contributed by atoms with van der Waals surface area (Å²) in [7, 11) is 3.71. The second kappa shape index (κ2) is 6.39. The van der Waals surface area contributed by atoms with Gasteiger partial charge < -0.3 is 10.1 Å². The molecule has 0 fully saturated rings. The molecule has 0 spiro atoms. The number of hydrogen-bond acceptors (Lipinski definition) is 2. The van der Waals surface area contributed by atoms with Crippen LogP contribution < -0.4 is 10.1 Å². The van der Waals surface area contributed by atoms with Gasteiger partial charge in [-0.2, -0.15) is 0 Å². The number of hydrogen-bond donors (Lipinski definition) is 1. The van der Waals surface area contributed by atoms with E-state index in [0.717, 1.165) is 12.2 Å². The fourth-order valence-corrected chi connectivity index (χ4v) is 2.22. The first-order valence-electron chi connectivity index (χ1n) is 6.59. The second-order valence-corrected chi connectivity index (χ2v) is 4.81. The molecule has 2 aromatic carbocycles. The average molecular weight is 255 g/mol. The summed E-state index contributed by atoms with van der Waals surface area (Å²) in [6.07, 6.45) is 0.955. The number of rotatable bonds is 5. The SMILES string of the molecule is CNC(Cc1cccc(OC)c1)c1ccc(C)cc1. The molecule has 1 unspecified atom stereocenters. The predicted octanol–water partition coefficient (Wildman–Crippen LogP) is 3.51. The first kappa shape index (κ1) is 13.6. The van der Waals surface area contributed by atoms with Crippen LogP contribution in [0.3, 0.4) is 0 Å². The molecule has 2 aromatic rings. The highest BCUT2D eigenvalue weighted by atomic mass is 16.5. The third-order valence-corrected chi connectivity index (χ3v) is 3.40. The lowest BCUT2D eigenvalue weighted by atomic mass is 9.98. The zero-order valence-electron chi connectivity index (χ0n) is 11.8. The molecule has 100 valence electrons. The van der Waals surface area contributed by atoms with Crippen LogP contribution >= 0.6 is 0 Å². The van der Waals surface area contributed by atoms with E-state index in [1.54, 1.807) is 7.11 Å². The highest BCUT2D eigenvalue weighted by Crippen LogP contribution is 2.21. The summed E-state index contributed by atoms with van der Waals surface area (Å²) in [5, 5.41) is 3.38. The van der Waals surface area contributed by atoms with Gasteiger partial charge in [-0.25, -0.2) is 0 Å². The molecule has 0 radical (unpaired) electrons. The first-order chi connectivity index (χ1) is 9.22. The van der Waals surface area contributed by atoms with Crippen molar-refractivity contribution in [3.8, 4) is 5.75 Å². The van der Waals surface area contributed by atoms with Crippen LogP contribution in [0, 0.1) is 6.92 Å². The van der Waals surface area contributed by atoms with Crippen LogP contribution in [-0.4, -0.2) is 14.2 Å². The summed E-state index contributed by atoms with van der Waals surface area (Å²) in [6, 6.07) is 17.3. The standard InChI is InChI=1S/C17H21NO/c1-13-7-9-15(10-8-13)17(18-2)12-14-5-4-6-16(11-14)19-3/h4-11,17-18H,12H2,1-3H3. The van der Waals surface area contributed by atoms with Crippen LogP contribution in [0.5, 0.6) is 5.75 Å². The van der Waals surface area contributed by atoms with Gasteiger partial charge >= 0.3 is 0 Å². The maximum absolute atomic E-state index is 5.27. The Hall–Kier alpha value is -1.80. The van der Waals surface area contributed by atoms with Crippen LogP contribution in [0.25, 0.3) is 0 Å². The van der Waals surface area contributed by atoms with E-state index in [2.05, 4.69) is 48.6 Å². The number of aryl methyl sites for hydroxylation is 1. The molecule has 0 amide bonds. The molecular weight excluding hydrogens is 234 g/mol. The molecule has 0 aliphatic heterocycles. The van der Waals surface area contributed by atoms with E-state index >= 15 is 0 Å². The monoisotopic (exact) mass is 255 g/mol. The minimum Gasteiger partial charge on any atom is -0.497 e. The number of nitrogens with one attached hydrogen (secondary N) is 1. The van der Waals surface area contributed by atoms with Gasteiger partial charge in [0.1, 0.15) is 5.75 Å². The second-order valence-electron chi connectivity index (χ2n) is 4.81. The van der Waals surface area contributed by atoms with Crippen molar-refractivity contribution < 1.29 is 4.74 Å². The van der Waals surface area contributed by atoms with Crippen LogP contribution in [0.1, 0.15) is 22.7 Å². The van der Waals surface area contributed by atoms with Crippen LogP contribution in [0.4, 0.5) is 0 Å². The quantitative estimate of drug-likeness (QED) is 0.883. The smallest absolute Gasteiger partial charge is 0.119 e. The fraction of sp³-hybridized carbons (Fsp3) is 0.294. The Labute approximate surface area is 115 Å². The number of likely N-dealkylation sites (N-methyl/N-ethyl adjacent to an activating group) is 1. The molecule has 2 nitrogen and oxygen atoms in total. The Kier molecular flexibility index (Phi) is 4.58. The third kappa shape index (κ3) is 3.58. The van der Waals surface area contributed by atoms with Gasteiger partial charge in [-0.15, -0.1) is 0 Å². The molecular formula is C17H21NO. The molecule has 0 bridgehead atoms. The molecule has 0 heterocycles. The van der Waals surface area contributed by atoms with Gasteiger partial charge in [-0.05, 0) is 43.7 Å². The van der Waals surface area contributed by atoms with E-state index in [-0.39, 0.29) is 0 Å². The molecule has 2 heteroatoms. The fourth-order valence-electron chi connectivity index (χ4n) is 2.22. The Balaban J connectivity index is 2.16. The topological polar surface area (TPSA) is 21.3 Å². The lowest BCUT2D eigenvalue weighted by Crippen LogP contribution is -2.18. The lowest BCUT2D eigenvalue weighted by molar-refractivity contribution is 0.414. The van der Waals surface area contributed by atoms with E-state index in [9.17, 15) is 0 Å². The number of methoxy groups -OCH3 is 1. The molecule has 0 aliphatic carbocycles. The van der Waals surface area contributed by atoms with E-state index < -0.39 is 0 Å². The van der Waals surface area contributed by atoms with Crippen molar-refractivity contribution in [2.24, 2.45) is 0 Å². The summed E-state index contributed by atoms with van der Waals surface area (Å²) in [6.45, 7) is 2.11. The minimum absolute atomic E-state index is 0.327. The number of ether oxygens (including phenoxy) is 1. The minimum atomic E-state index is 0.327. The largest absolute Gasteiger partial charge is 0.497 e. The normalized spacial score (nSPS) is 12.2. The molecule has 1 atom stereocenters. The summed E-state index contributed by atoms with van der Waals surface area (Å²) >= 11 is 0. The van der Waals surface area contributed by atoms with Crippen molar-refractivity contribution in [2.45, 2.75) is 19.4 Å². The van der Waals surface area contributed by atoms with Crippen LogP contribution in [0.15, 0.2) is 48.5 Å². The summed E-state index contributed by atoms with van der Waals surface area (Å²) in [4.78, 5) is 0. The summed E-state index contributed by atoms with van der Waals surface area (Å²) in [5.74, 6) is 0.913. The predicted molar refractivity (Wildman–Crippen MR) is 79.7 cm³/mol. The van der Waals surface area contributed by atoms with E-state index in [1.807, 2.05) is 19.2 Å². The van der Waals surface area contributed by atoms with Crippen molar-refractivity contribution in [2.75, 3.05) is 14.2 Å². The Morgan fingerprint density at radius 2 is 1.84 bits per heavy atom. The van der Waals surface area contributed by atoms with Gasteiger partial charge in [0.15, 0.2) is 0 Å². The molecule has 0 saturated heterocycles. The molecule has 1 N–H and O–H groups in total. The van der Waals surface area contributed by atoms with Gasteiger partial charge in [0.2, 0.25) is 0 Å². The van der Waals surface area contributed by atoms with E-state index in [4.69, 9.17) is 4.74 Å². The zero-order chi connectivity index (χ0) is 13.7. The highest BCUT2D eigenvalue weighted by Gasteiger charge is 2.10. The van der Waals surface area contributed by atoms with Gasteiger partial charge in [0.25, 0.3) is 0 Å². The van der Waals surface area contributed by atoms with Gasteiger partial charge in [-0.3, -0.25) is 0 Å². The van der Waals surface area contributed by atoms with Crippen molar-refractivity contribution in [1.82, 2.24) is 5.32 Å². The third-order valence-electron chi connectivity index (χ3n) is 3.40. The molecule has 0 aliphatic rings. The summed E-state index contributed by atoms with van der Waals surface area (Å²) in [5.41, 5.74) is 3.88. The molecule has 0 saturated carbocycles. The summed E-state index contributed by atoms with van der Waals surface area (Å²) < 4.78 is 5.27. The van der Waals surface area contributed by atoms with E-state index in [1.165, 1.54) is 16.7 Å². The van der Waals surface area contributed by atoms with Crippen molar-refractivity contribution in [3.63, 3.8) is 0 Å². The average Bonchev–Trinajstić information content (AvgIpc) is 2.46. The lowest BCUT2D eigenvalue weighted by Gasteiger charge is -2.17. The maximum Gasteiger partial charge on any atom is 0.119 e. The van der Waals surface area contributed by atoms with Crippen molar-refractivity contribution >= 4 is 0 Å². The molecule has 19 heavy (non-hydrogen) atoms. The zero-order valence-corrected chi connectivity index (χ0v) is 11.8. The van der Waals surface area contributed by atoms with Crippen LogP contribution in [-0.2, 0) is 6.42 Å². The Morgan fingerprint density at radius 1 is 1.11 bits per heavy atom. The van der Waals surface area contributed by atoms with Crippen LogP contribution in [0.2, 0.25) is 0 Å². The molecule has 2 rings (SSSR count). The van der Waals surface area contributed by atoms with Gasteiger partial charge in [-0.1, -0.05) is 42.0 Å². The number of benzene rings is 2. The van der Waals surface area contributed by atoms with E-state index in [0.29, 0.717) is 6.04 Å². The maximum atomic E-state index is 5.27. The molecule has 0 aromatic heterocycles. The first-order valence-corrected chi connectivity index (χ1v) is 6.59. The van der Waals surface area contributed by atoms with Crippen molar-refractivity contribution in [3.05, 3.63) is 65.2 Å². The highest BCUT2D eigenvalue weighted by molar-refractivity contribution is 5.31. The van der Waals surface area contributed by atoms with Gasteiger partial charge in [0.05, 0.1) is 7.11 Å². The van der Waals surface area contributed by atoms with Gasteiger partial charge in [0, 0.05) is 6.04 Å². The Bertz CT molecular complexity index is 519.